The third kappa shape index (κ3) is 5.51. The van der Waals surface area contributed by atoms with Crippen LogP contribution in [0.15, 0.2) is 12.1 Å². The summed E-state index contributed by atoms with van der Waals surface area (Å²) < 4.78 is 11.4. The summed E-state index contributed by atoms with van der Waals surface area (Å²) in [6, 6.07) is 4.11. The fourth-order valence-corrected chi connectivity index (χ4v) is 3.78. The monoisotopic (exact) mass is 387 g/mol. The first-order chi connectivity index (χ1) is 13.5. The van der Waals surface area contributed by atoms with Gasteiger partial charge in [-0.1, -0.05) is 26.7 Å². The molecule has 28 heavy (non-hydrogen) atoms. The highest BCUT2D eigenvalue weighted by molar-refractivity contribution is 5.97. The van der Waals surface area contributed by atoms with E-state index in [1.165, 1.54) is 25.8 Å². The number of nitrogens with one attached hydrogen (secondary N) is 1. The lowest BCUT2D eigenvalue weighted by atomic mass is 10.1. The maximum atomic E-state index is 5.73. The Morgan fingerprint density at radius 1 is 0.964 bits per heavy atom. The molecule has 156 valence electrons. The zero-order valence-corrected chi connectivity index (χ0v) is 18.5. The molecule has 5 heteroatoms. The van der Waals surface area contributed by atoms with Gasteiger partial charge < -0.3 is 19.7 Å². The van der Waals surface area contributed by atoms with Gasteiger partial charge in [0, 0.05) is 23.7 Å². The van der Waals surface area contributed by atoms with Crippen LogP contribution in [-0.2, 0) is 0 Å². The summed E-state index contributed by atoms with van der Waals surface area (Å²) in [7, 11) is 3.42. The standard InChI is InChI=1S/C23H37N3O2/c1-7-26(8-2)14-12-10-9-11-13-24-19-16-20(27-5)21-17(3)15-18(4)25-22(21)23(19)28-6/h15-16,24H,7-14H2,1-6H3. The average Bonchev–Trinajstić information content (AvgIpc) is 2.69. The van der Waals surface area contributed by atoms with Gasteiger partial charge in [0.25, 0.3) is 0 Å². The molecule has 0 aliphatic carbocycles. The van der Waals surface area contributed by atoms with Crippen molar-refractivity contribution < 1.29 is 9.47 Å². The van der Waals surface area contributed by atoms with Crippen LogP contribution >= 0.6 is 0 Å². The summed E-state index contributed by atoms with van der Waals surface area (Å²) in [5.74, 6) is 1.63. The Balaban J connectivity index is 2.01. The predicted molar refractivity (Wildman–Crippen MR) is 119 cm³/mol. The van der Waals surface area contributed by atoms with Crippen LogP contribution in [-0.4, -0.2) is 50.3 Å². The summed E-state index contributed by atoms with van der Waals surface area (Å²) >= 11 is 0. The van der Waals surface area contributed by atoms with Gasteiger partial charge in [-0.05, 0) is 58.0 Å². The van der Waals surface area contributed by atoms with Crippen molar-refractivity contribution in [3.05, 3.63) is 23.4 Å². The number of anilines is 1. The minimum atomic E-state index is 0.795. The van der Waals surface area contributed by atoms with Crippen LogP contribution in [0.5, 0.6) is 11.5 Å². The molecule has 5 nitrogen and oxygen atoms in total. The Morgan fingerprint density at radius 2 is 1.68 bits per heavy atom. The SMILES string of the molecule is CCN(CC)CCCCCCNc1cc(OC)c2c(C)cc(C)nc2c1OC. The quantitative estimate of drug-likeness (QED) is 0.508. The van der Waals surface area contributed by atoms with Crippen molar-refractivity contribution in [3.63, 3.8) is 0 Å². The second-order valence-corrected chi connectivity index (χ2v) is 7.33. The van der Waals surface area contributed by atoms with E-state index in [0.29, 0.717) is 0 Å². The molecular weight excluding hydrogens is 350 g/mol. The molecule has 0 saturated carbocycles. The first-order valence-electron chi connectivity index (χ1n) is 10.5. The number of benzene rings is 1. The van der Waals surface area contributed by atoms with Crippen LogP contribution in [0.1, 0.15) is 50.8 Å². The van der Waals surface area contributed by atoms with Crippen LogP contribution < -0.4 is 14.8 Å². The van der Waals surface area contributed by atoms with E-state index < -0.39 is 0 Å². The number of nitrogens with zero attached hydrogens (tertiary/aromatic N) is 2. The van der Waals surface area contributed by atoms with E-state index in [2.05, 4.69) is 37.1 Å². The van der Waals surface area contributed by atoms with Crippen LogP contribution in [0.25, 0.3) is 10.9 Å². The highest BCUT2D eigenvalue weighted by Gasteiger charge is 2.17. The normalized spacial score (nSPS) is 11.2. The molecule has 0 amide bonds. The number of unbranched alkanes of at least 4 members (excludes halogenated alkanes) is 3. The molecule has 0 unspecified atom stereocenters. The zero-order chi connectivity index (χ0) is 20.5. The smallest absolute Gasteiger partial charge is 0.168 e. The van der Waals surface area contributed by atoms with E-state index in [1.807, 2.05) is 13.0 Å². The average molecular weight is 388 g/mol. The molecule has 0 atom stereocenters. The summed E-state index contributed by atoms with van der Waals surface area (Å²) in [5.41, 5.74) is 3.95. The van der Waals surface area contributed by atoms with Gasteiger partial charge in [0.1, 0.15) is 11.3 Å². The molecule has 2 aromatic rings. The first kappa shape index (κ1) is 22.3. The number of ether oxygens (including phenoxy) is 2. The molecule has 0 bridgehead atoms. The van der Waals surface area contributed by atoms with Gasteiger partial charge in [-0.3, -0.25) is 0 Å². The minimum absolute atomic E-state index is 0.795. The van der Waals surface area contributed by atoms with Crippen LogP contribution in [0.3, 0.4) is 0 Å². The maximum Gasteiger partial charge on any atom is 0.168 e. The fourth-order valence-electron chi connectivity index (χ4n) is 3.78. The lowest BCUT2D eigenvalue weighted by Crippen LogP contribution is -2.23. The van der Waals surface area contributed by atoms with Gasteiger partial charge in [-0.25, -0.2) is 4.98 Å². The van der Waals surface area contributed by atoms with Crippen molar-refractivity contribution in [3.8, 4) is 11.5 Å². The third-order valence-electron chi connectivity index (χ3n) is 5.36. The number of methoxy groups -OCH3 is 2. The molecule has 0 radical (unpaired) electrons. The Hall–Kier alpha value is -2.01. The summed E-state index contributed by atoms with van der Waals surface area (Å²) in [5, 5.41) is 4.56. The molecule has 0 saturated heterocycles. The Labute approximate surface area is 170 Å². The zero-order valence-electron chi connectivity index (χ0n) is 18.5. The lowest BCUT2D eigenvalue weighted by Gasteiger charge is -2.18. The molecule has 1 aromatic carbocycles. The fraction of sp³-hybridized carbons (Fsp3) is 0.609. The molecule has 0 fully saturated rings. The van der Waals surface area contributed by atoms with Gasteiger partial charge >= 0.3 is 0 Å². The van der Waals surface area contributed by atoms with Crippen LogP contribution in [0.2, 0.25) is 0 Å². The molecule has 0 spiro atoms. The number of aromatic nitrogens is 1. The van der Waals surface area contributed by atoms with Gasteiger partial charge in [0.15, 0.2) is 5.75 Å². The third-order valence-corrected chi connectivity index (χ3v) is 5.36. The number of hydrogen-bond donors (Lipinski definition) is 1. The van der Waals surface area contributed by atoms with Crippen molar-refractivity contribution >= 4 is 16.6 Å². The van der Waals surface area contributed by atoms with E-state index in [-0.39, 0.29) is 0 Å². The Morgan fingerprint density at radius 3 is 2.32 bits per heavy atom. The molecule has 1 N–H and O–H groups in total. The number of pyridine rings is 1. The number of aryl methyl sites for hydroxylation is 2. The summed E-state index contributed by atoms with van der Waals surface area (Å²) in [4.78, 5) is 7.22. The summed E-state index contributed by atoms with van der Waals surface area (Å²) in [6.45, 7) is 13.0. The van der Waals surface area contributed by atoms with Crippen molar-refractivity contribution in [2.45, 2.75) is 53.4 Å². The summed E-state index contributed by atoms with van der Waals surface area (Å²) in [6.07, 6.45) is 4.92. The largest absolute Gasteiger partial charge is 0.496 e. The highest BCUT2D eigenvalue weighted by Crippen LogP contribution is 2.40. The molecule has 1 aromatic heterocycles. The number of hydrogen-bond acceptors (Lipinski definition) is 5. The predicted octanol–water partition coefficient (Wildman–Crippen LogP) is 5.18. The molecule has 0 aliphatic heterocycles. The lowest BCUT2D eigenvalue weighted by molar-refractivity contribution is 0.295. The van der Waals surface area contributed by atoms with E-state index in [0.717, 1.165) is 65.4 Å². The van der Waals surface area contributed by atoms with E-state index in [4.69, 9.17) is 14.5 Å². The van der Waals surface area contributed by atoms with Gasteiger partial charge in [-0.15, -0.1) is 0 Å². The topological polar surface area (TPSA) is 46.6 Å². The van der Waals surface area contributed by atoms with Crippen molar-refractivity contribution in [1.29, 1.82) is 0 Å². The maximum absolute atomic E-state index is 5.73. The van der Waals surface area contributed by atoms with Crippen molar-refractivity contribution in [1.82, 2.24) is 9.88 Å². The van der Waals surface area contributed by atoms with E-state index in [1.54, 1.807) is 14.2 Å². The number of rotatable bonds is 12. The van der Waals surface area contributed by atoms with Crippen molar-refractivity contribution in [2.75, 3.05) is 45.7 Å². The van der Waals surface area contributed by atoms with Crippen LogP contribution in [0.4, 0.5) is 5.69 Å². The second kappa shape index (κ2) is 11.1. The van der Waals surface area contributed by atoms with E-state index >= 15 is 0 Å². The second-order valence-electron chi connectivity index (χ2n) is 7.33. The minimum Gasteiger partial charge on any atom is -0.496 e. The van der Waals surface area contributed by atoms with Crippen molar-refractivity contribution in [2.24, 2.45) is 0 Å². The molecule has 1 heterocycles. The van der Waals surface area contributed by atoms with Crippen LogP contribution in [0, 0.1) is 13.8 Å². The van der Waals surface area contributed by atoms with Gasteiger partial charge in [0.2, 0.25) is 0 Å². The number of fused-ring (bicyclic) bond motifs is 1. The van der Waals surface area contributed by atoms with Gasteiger partial charge in [-0.2, -0.15) is 0 Å². The Bertz CT molecular complexity index is 757. The first-order valence-corrected chi connectivity index (χ1v) is 10.5. The Kier molecular flexibility index (Phi) is 8.84. The molecule has 2 rings (SSSR count). The van der Waals surface area contributed by atoms with Gasteiger partial charge in [0.05, 0.1) is 19.9 Å². The van der Waals surface area contributed by atoms with E-state index in [9.17, 15) is 0 Å². The molecular formula is C23H37N3O2. The molecule has 0 aliphatic rings. The highest BCUT2D eigenvalue weighted by atomic mass is 16.5.